The Morgan fingerprint density at radius 2 is 1.70 bits per heavy atom. The zero-order valence-corrected chi connectivity index (χ0v) is 15.4. The van der Waals surface area contributed by atoms with Gasteiger partial charge in [0.05, 0.1) is 26.3 Å². The Morgan fingerprint density at radius 1 is 1.04 bits per heavy atom. The Morgan fingerprint density at radius 3 is 2.33 bits per heavy atom. The minimum atomic E-state index is -0.417. The molecule has 0 fully saturated rings. The van der Waals surface area contributed by atoms with Gasteiger partial charge in [-0.3, -0.25) is 4.79 Å². The van der Waals surface area contributed by atoms with Crippen LogP contribution in [0.3, 0.4) is 0 Å². The fraction of sp³-hybridized carbons (Fsp3) is 0.200. The third-order valence-electron chi connectivity index (χ3n) is 3.57. The highest BCUT2D eigenvalue weighted by Gasteiger charge is 2.07. The van der Waals surface area contributed by atoms with Crippen LogP contribution in [0.5, 0.6) is 11.5 Å². The zero-order valence-electron chi connectivity index (χ0n) is 15.4. The van der Waals surface area contributed by atoms with E-state index in [9.17, 15) is 9.59 Å². The molecule has 0 bridgehead atoms. The van der Waals surface area contributed by atoms with Gasteiger partial charge >= 0.3 is 6.03 Å². The van der Waals surface area contributed by atoms with Crippen molar-refractivity contribution in [2.24, 2.45) is 0 Å². The first kappa shape index (κ1) is 19.7. The number of hydrogen-bond acceptors (Lipinski definition) is 4. The van der Waals surface area contributed by atoms with E-state index in [2.05, 4.69) is 27.8 Å². The molecule has 0 atom stereocenters. The molecular formula is C20H21N3O4. The molecule has 3 N–H and O–H groups in total. The van der Waals surface area contributed by atoms with E-state index in [4.69, 9.17) is 9.47 Å². The molecule has 7 nitrogen and oxygen atoms in total. The van der Waals surface area contributed by atoms with Crippen LogP contribution in [-0.4, -0.2) is 39.8 Å². The van der Waals surface area contributed by atoms with Gasteiger partial charge in [0.1, 0.15) is 11.5 Å². The minimum Gasteiger partial charge on any atom is -0.497 e. The van der Waals surface area contributed by atoms with Crippen molar-refractivity contribution in [1.82, 2.24) is 10.6 Å². The predicted molar refractivity (Wildman–Crippen MR) is 103 cm³/mol. The van der Waals surface area contributed by atoms with Gasteiger partial charge < -0.3 is 25.4 Å². The molecule has 0 aliphatic carbocycles. The third kappa shape index (κ3) is 5.68. The number of nitrogens with one attached hydrogen (secondary N) is 3. The quantitative estimate of drug-likeness (QED) is 0.707. The number of amides is 3. The maximum atomic E-state index is 12.0. The van der Waals surface area contributed by atoms with Gasteiger partial charge in [0, 0.05) is 36.5 Å². The molecule has 0 heterocycles. The van der Waals surface area contributed by atoms with Crippen LogP contribution in [0, 0.1) is 11.8 Å². The smallest absolute Gasteiger partial charge is 0.319 e. The van der Waals surface area contributed by atoms with E-state index in [0.717, 1.165) is 0 Å². The molecule has 0 aliphatic heterocycles. The summed E-state index contributed by atoms with van der Waals surface area (Å²) in [4.78, 5) is 23.8. The van der Waals surface area contributed by atoms with Gasteiger partial charge in [0.2, 0.25) is 0 Å². The third-order valence-corrected chi connectivity index (χ3v) is 3.57. The fourth-order valence-corrected chi connectivity index (χ4v) is 2.24. The van der Waals surface area contributed by atoms with Crippen molar-refractivity contribution in [3.63, 3.8) is 0 Å². The Labute approximate surface area is 158 Å². The first-order chi connectivity index (χ1) is 13.1. The highest BCUT2D eigenvalue weighted by molar-refractivity contribution is 5.96. The highest BCUT2D eigenvalue weighted by Crippen LogP contribution is 2.25. The van der Waals surface area contributed by atoms with Crippen molar-refractivity contribution in [2.75, 3.05) is 33.1 Å². The van der Waals surface area contributed by atoms with E-state index in [1.165, 1.54) is 14.2 Å². The van der Waals surface area contributed by atoms with Gasteiger partial charge in [-0.1, -0.05) is 24.0 Å². The number of benzene rings is 2. The lowest BCUT2D eigenvalue weighted by molar-refractivity contribution is 0.0963. The number of anilines is 1. The molecule has 2 rings (SSSR count). The molecule has 7 heteroatoms. The summed E-state index contributed by atoms with van der Waals surface area (Å²) in [5.74, 6) is 6.64. The second-order valence-corrected chi connectivity index (χ2v) is 5.34. The molecule has 27 heavy (non-hydrogen) atoms. The number of methoxy groups -OCH3 is 2. The standard InChI is InChI=1S/C20H21N3O4/c1-21-19(24)18-9-5-4-7-14(18)8-6-10-22-20(25)23-15-11-16(26-2)13-17(12-15)27-3/h4-5,7,9,11-13H,10H2,1-3H3,(H,21,24)(H2,22,23,25). The number of carbonyl (C=O) groups is 2. The molecule has 0 saturated carbocycles. The molecule has 0 radical (unpaired) electrons. The van der Waals surface area contributed by atoms with Crippen molar-refractivity contribution in [2.45, 2.75) is 0 Å². The summed E-state index contributed by atoms with van der Waals surface area (Å²) >= 11 is 0. The molecule has 3 amide bonds. The van der Waals surface area contributed by atoms with Gasteiger partial charge in [-0.25, -0.2) is 4.79 Å². The van der Waals surface area contributed by atoms with E-state index in [0.29, 0.717) is 28.3 Å². The summed E-state index contributed by atoms with van der Waals surface area (Å²) < 4.78 is 10.3. The number of ether oxygens (including phenoxy) is 2. The summed E-state index contributed by atoms with van der Waals surface area (Å²) in [7, 11) is 4.63. The Balaban J connectivity index is 1.97. The lowest BCUT2D eigenvalue weighted by Gasteiger charge is -2.09. The molecule has 0 spiro atoms. The van der Waals surface area contributed by atoms with Crippen molar-refractivity contribution in [3.8, 4) is 23.3 Å². The number of rotatable bonds is 5. The first-order valence-electron chi connectivity index (χ1n) is 8.15. The highest BCUT2D eigenvalue weighted by atomic mass is 16.5. The fourth-order valence-electron chi connectivity index (χ4n) is 2.24. The number of hydrogen-bond donors (Lipinski definition) is 3. The van der Waals surface area contributed by atoms with Crippen LogP contribution in [0.15, 0.2) is 42.5 Å². The summed E-state index contributed by atoms with van der Waals surface area (Å²) in [6.45, 7) is 0.120. The molecule has 2 aromatic rings. The van der Waals surface area contributed by atoms with Crippen LogP contribution in [0.4, 0.5) is 10.5 Å². The molecule has 140 valence electrons. The summed E-state index contributed by atoms with van der Waals surface area (Å²) in [6, 6.07) is 11.6. The normalized spacial score (nSPS) is 9.44. The SMILES string of the molecule is CNC(=O)c1ccccc1C#CCNC(=O)Nc1cc(OC)cc(OC)c1. The van der Waals surface area contributed by atoms with Crippen LogP contribution in [-0.2, 0) is 0 Å². The first-order valence-corrected chi connectivity index (χ1v) is 8.15. The summed E-state index contributed by atoms with van der Waals surface area (Å²) in [5.41, 5.74) is 1.61. The monoisotopic (exact) mass is 367 g/mol. The van der Waals surface area contributed by atoms with Crippen LogP contribution >= 0.6 is 0 Å². The van der Waals surface area contributed by atoms with Gasteiger partial charge in [-0.2, -0.15) is 0 Å². The second kappa shape index (κ2) is 9.73. The molecule has 2 aromatic carbocycles. The number of urea groups is 1. The number of carbonyl (C=O) groups excluding carboxylic acids is 2. The van der Waals surface area contributed by atoms with Crippen molar-refractivity contribution in [3.05, 3.63) is 53.6 Å². The van der Waals surface area contributed by atoms with Gasteiger partial charge in [-0.15, -0.1) is 0 Å². The maximum absolute atomic E-state index is 12.0. The largest absolute Gasteiger partial charge is 0.497 e. The lowest BCUT2D eigenvalue weighted by atomic mass is 10.1. The Kier molecular flexibility index (Phi) is 7.08. The van der Waals surface area contributed by atoms with Crippen LogP contribution in [0.25, 0.3) is 0 Å². The topological polar surface area (TPSA) is 88.7 Å². The van der Waals surface area contributed by atoms with Gasteiger partial charge in [0.15, 0.2) is 0 Å². The van der Waals surface area contributed by atoms with E-state index in [-0.39, 0.29) is 12.5 Å². The molecule has 0 saturated heterocycles. The van der Waals surface area contributed by atoms with E-state index in [1.54, 1.807) is 49.5 Å². The average molecular weight is 367 g/mol. The second-order valence-electron chi connectivity index (χ2n) is 5.34. The van der Waals surface area contributed by atoms with E-state index < -0.39 is 6.03 Å². The zero-order chi connectivity index (χ0) is 19.6. The summed E-state index contributed by atoms with van der Waals surface area (Å²) in [5, 5.41) is 7.89. The van der Waals surface area contributed by atoms with Crippen LogP contribution < -0.4 is 25.4 Å². The van der Waals surface area contributed by atoms with Crippen molar-refractivity contribution >= 4 is 17.6 Å². The summed E-state index contributed by atoms with van der Waals surface area (Å²) in [6.07, 6.45) is 0. The molecule has 0 aromatic heterocycles. The van der Waals surface area contributed by atoms with Crippen LogP contribution in [0.1, 0.15) is 15.9 Å². The molecular weight excluding hydrogens is 346 g/mol. The van der Waals surface area contributed by atoms with E-state index in [1.807, 2.05) is 0 Å². The molecule has 0 aliphatic rings. The van der Waals surface area contributed by atoms with Crippen LogP contribution in [0.2, 0.25) is 0 Å². The van der Waals surface area contributed by atoms with Crippen molar-refractivity contribution in [1.29, 1.82) is 0 Å². The van der Waals surface area contributed by atoms with Crippen molar-refractivity contribution < 1.29 is 19.1 Å². The average Bonchev–Trinajstić information content (AvgIpc) is 2.70. The van der Waals surface area contributed by atoms with E-state index >= 15 is 0 Å². The Bertz CT molecular complexity index is 862. The maximum Gasteiger partial charge on any atom is 0.319 e. The predicted octanol–water partition coefficient (Wildman–Crippen LogP) is 2.24. The molecule has 0 unspecified atom stereocenters. The van der Waals surface area contributed by atoms with Gasteiger partial charge in [-0.05, 0) is 12.1 Å². The lowest BCUT2D eigenvalue weighted by Crippen LogP contribution is -2.28. The van der Waals surface area contributed by atoms with Gasteiger partial charge in [0.25, 0.3) is 5.91 Å². The Hall–Kier alpha value is -3.66. The minimum absolute atomic E-state index is 0.120.